The highest BCUT2D eigenvalue weighted by atomic mass is 16.1. The van der Waals surface area contributed by atoms with Gasteiger partial charge in [-0.25, -0.2) is 4.85 Å². The summed E-state index contributed by atoms with van der Waals surface area (Å²) in [5.41, 5.74) is 10.7. The molecule has 5 aromatic rings. The number of benzene rings is 2. The molecule has 7 nitrogen and oxygen atoms in total. The number of anilines is 1. The zero-order valence-corrected chi connectivity index (χ0v) is 19.5. The van der Waals surface area contributed by atoms with E-state index in [2.05, 4.69) is 21.0 Å². The van der Waals surface area contributed by atoms with Crippen LogP contribution >= 0.6 is 0 Å². The number of pyridine rings is 2. The molecular weight excluding hydrogens is 436 g/mol. The van der Waals surface area contributed by atoms with Crippen molar-refractivity contribution in [3.05, 3.63) is 112 Å². The van der Waals surface area contributed by atoms with Crippen molar-refractivity contribution in [2.75, 3.05) is 5.73 Å². The van der Waals surface area contributed by atoms with Gasteiger partial charge in [-0.2, -0.15) is 5.10 Å². The zero-order valence-electron chi connectivity index (χ0n) is 19.5. The van der Waals surface area contributed by atoms with E-state index in [-0.39, 0.29) is 11.5 Å². The first-order chi connectivity index (χ1) is 17.0. The summed E-state index contributed by atoms with van der Waals surface area (Å²) >= 11 is 0. The lowest BCUT2D eigenvalue weighted by molar-refractivity contribution is 0.687. The smallest absolute Gasteiger partial charge is 0.263 e. The average Bonchev–Trinajstić information content (AvgIpc) is 3.30. The maximum Gasteiger partial charge on any atom is 0.263 e. The molecule has 0 saturated carbocycles. The minimum atomic E-state index is -0.107. The van der Waals surface area contributed by atoms with Crippen LogP contribution in [0.4, 0.5) is 11.4 Å². The van der Waals surface area contributed by atoms with Crippen molar-refractivity contribution in [3.63, 3.8) is 0 Å². The Morgan fingerprint density at radius 1 is 1.11 bits per heavy atom. The van der Waals surface area contributed by atoms with Crippen molar-refractivity contribution >= 4 is 22.1 Å². The average molecular weight is 461 g/mol. The molecule has 7 heteroatoms. The molecule has 0 amide bonds. The number of rotatable bonds is 5. The fourth-order valence-electron chi connectivity index (χ4n) is 4.58. The number of nitrogens with two attached hydrogens (primary N) is 1. The zero-order chi connectivity index (χ0) is 24.5. The summed E-state index contributed by atoms with van der Waals surface area (Å²) in [6.45, 7) is 9.59. The van der Waals surface area contributed by atoms with Crippen molar-refractivity contribution in [1.29, 1.82) is 0 Å². The largest absolute Gasteiger partial charge is 0.407 e. The number of aromatic nitrogens is 4. The molecule has 1 atom stereocenters. The Bertz CT molecular complexity index is 1640. The van der Waals surface area contributed by atoms with Crippen molar-refractivity contribution < 1.29 is 0 Å². The van der Waals surface area contributed by atoms with Gasteiger partial charge in [-0.05, 0) is 41.6 Å². The third-order valence-electron chi connectivity index (χ3n) is 6.25. The number of aryl methyl sites for hydroxylation is 1. The molecule has 172 valence electrons. The second-order valence-corrected chi connectivity index (χ2v) is 8.63. The molecular formula is C28H24N6O. The number of hydrogen-bond acceptors (Lipinski definition) is 4. The predicted molar refractivity (Wildman–Crippen MR) is 139 cm³/mol. The molecule has 35 heavy (non-hydrogen) atoms. The van der Waals surface area contributed by atoms with Crippen LogP contribution in [0.1, 0.15) is 24.2 Å². The molecule has 0 unspecified atom stereocenters. The van der Waals surface area contributed by atoms with Gasteiger partial charge in [0.05, 0.1) is 18.2 Å². The summed E-state index contributed by atoms with van der Waals surface area (Å²) in [6, 6.07) is 19.2. The van der Waals surface area contributed by atoms with Gasteiger partial charge in [0, 0.05) is 53.7 Å². The summed E-state index contributed by atoms with van der Waals surface area (Å²) in [7, 11) is 1.86. The lowest BCUT2D eigenvalue weighted by Gasteiger charge is -2.21. The highest BCUT2D eigenvalue weighted by Gasteiger charge is 2.21. The summed E-state index contributed by atoms with van der Waals surface area (Å²) in [5, 5.41) is 5.79. The standard InChI is InChI=1S/C28H24N6O/c1-18(14-24-27(30-2)23(29)12-13-31-24)25-15-19-8-7-11-22(20-16-32-33(3)17-20)26(19)28(35)34(25)21-9-5-4-6-10-21/h4-13,15-18H,14H2,1,3H3,(H2,29,31)/t18-/m1/s1. The van der Waals surface area contributed by atoms with Crippen molar-refractivity contribution in [2.24, 2.45) is 7.05 Å². The molecule has 0 aliphatic carbocycles. The van der Waals surface area contributed by atoms with Crippen LogP contribution in [0.25, 0.3) is 32.4 Å². The first-order valence-corrected chi connectivity index (χ1v) is 11.3. The highest BCUT2D eigenvalue weighted by Crippen LogP contribution is 2.33. The SMILES string of the molecule is [C-]#[N+]c1c(N)ccnc1C[C@@H](C)c1cc2cccc(-c3cnn(C)c3)c2c(=O)n1-c1ccccc1. The lowest BCUT2D eigenvalue weighted by atomic mass is 9.95. The molecule has 0 aliphatic rings. The van der Waals surface area contributed by atoms with Gasteiger partial charge in [0.15, 0.2) is 0 Å². The maximum atomic E-state index is 14.1. The summed E-state index contributed by atoms with van der Waals surface area (Å²) in [6.07, 6.45) is 5.78. The first kappa shape index (κ1) is 22.1. The Morgan fingerprint density at radius 3 is 2.63 bits per heavy atom. The molecule has 0 radical (unpaired) electrons. The van der Waals surface area contributed by atoms with E-state index in [1.807, 2.05) is 68.7 Å². The van der Waals surface area contributed by atoms with E-state index in [0.717, 1.165) is 27.9 Å². The van der Waals surface area contributed by atoms with Gasteiger partial charge in [0.2, 0.25) is 5.69 Å². The van der Waals surface area contributed by atoms with Crippen LogP contribution in [-0.4, -0.2) is 19.3 Å². The van der Waals surface area contributed by atoms with Crippen LogP contribution in [0.5, 0.6) is 0 Å². The molecule has 0 spiro atoms. The third kappa shape index (κ3) is 3.96. The van der Waals surface area contributed by atoms with Crippen LogP contribution in [-0.2, 0) is 13.5 Å². The van der Waals surface area contributed by atoms with Crippen LogP contribution < -0.4 is 11.3 Å². The number of nitrogen functional groups attached to an aromatic ring is 1. The van der Waals surface area contributed by atoms with Gasteiger partial charge < -0.3 is 5.73 Å². The van der Waals surface area contributed by atoms with Gasteiger partial charge >= 0.3 is 0 Å². The molecule has 0 fully saturated rings. The summed E-state index contributed by atoms with van der Waals surface area (Å²) in [5.74, 6) is -0.107. The Morgan fingerprint density at radius 2 is 1.91 bits per heavy atom. The highest BCUT2D eigenvalue weighted by molar-refractivity contribution is 5.96. The maximum absolute atomic E-state index is 14.1. The topological polar surface area (TPSA) is 83.1 Å². The van der Waals surface area contributed by atoms with Crippen molar-refractivity contribution in [2.45, 2.75) is 19.3 Å². The number of hydrogen-bond donors (Lipinski definition) is 1. The quantitative estimate of drug-likeness (QED) is 0.363. The Kier molecular flexibility index (Phi) is 5.63. The second kappa shape index (κ2) is 8.92. The van der Waals surface area contributed by atoms with Gasteiger partial charge in [-0.3, -0.25) is 19.0 Å². The molecule has 3 aromatic heterocycles. The van der Waals surface area contributed by atoms with E-state index >= 15 is 0 Å². The number of para-hydroxylation sites is 1. The second-order valence-electron chi connectivity index (χ2n) is 8.63. The van der Waals surface area contributed by atoms with Crippen LogP contribution in [0, 0.1) is 6.57 Å². The third-order valence-corrected chi connectivity index (χ3v) is 6.25. The molecule has 2 N–H and O–H groups in total. The minimum absolute atomic E-state index is 0.0964. The molecule has 2 aromatic carbocycles. The molecule has 5 rings (SSSR count). The van der Waals surface area contributed by atoms with Gasteiger partial charge in [0.1, 0.15) is 0 Å². The molecule has 0 bridgehead atoms. The van der Waals surface area contributed by atoms with E-state index in [9.17, 15) is 4.79 Å². The molecule has 3 heterocycles. The van der Waals surface area contributed by atoms with Gasteiger partial charge in [0.25, 0.3) is 5.56 Å². The predicted octanol–water partition coefficient (Wildman–Crippen LogP) is 5.27. The van der Waals surface area contributed by atoms with E-state index in [1.54, 1.807) is 27.7 Å². The van der Waals surface area contributed by atoms with E-state index in [1.165, 1.54) is 0 Å². The fourth-order valence-corrected chi connectivity index (χ4v) is 4.58. The Balaban J connectivity index is 1.75. The van der Waals surface area contributed by atoms with Crippen LogP contribution in [0.3, 0.4) is 0 Å². The first-order valence-electron chi connectivity index (χ1n) is 11.3. The Labute approximate surface area is 202 Å². The van der Waals surface area contributed by atoms with E-state index in [0.29, 0.717) is 28.9 Å². The minimum Gasteiger partial charge on any atom is -0.407 e. The fraction of sp³-hybridized carbons (Fsp3) is 0.143. The van der Waals surface area contributed by atoms with Crippen molar-refractivity contribution in [3.8, 4) is 16.8 Å². The number of nitrogens with zero attached hydrogens (tertiary/aromatic N) is 5. The summed E-state index contributed by atoms with van der Waals surface area (Å²) < 4.78 is 3.50. The Hall–Kier alpha value is -4.70. The number of fused-ring (bicyclic) bond motifs is 1. The van der Waals surface area contributed by atoms with Crippen LogP contribution in [0.15, 0.2) is 84.0 Å². The van der Waals surface area contributed by atoms with Gasteiger partial charge in [-0.15, -0.1) is 0 Å². The monoisotopic (exact) mass is 460 g/mol. The lowest BCUT2D eigenvalue weighted by Crippen LogP contribution is -2.24. The van der Waals surface area contributed by atoms with E-state index in [4.69, 9.17) is 12.3 Å². The molecule has 0 aliphatic heterocycles. The van der Waals surface area contributed by atoms with E-state index < -0.39 is 0 Å². The van der Waals surface area contributed by atoms with Crippen LogP contribution in [0.2, 0.25) is 0 Å². The molecule has 0 saturated heterocycles. The summed E-state index contributed by atoms with van der Waals surface area (Å²) in [4.78, 5) is 22.2. The van der Waals surface area contributed by atoms with Gasteiger partial charge in [-0.1, -0.05) is 43.3 Å². The van der Waals surface area contributed by atoms with Crippen molar-refractivity contribution in [1.82, 2.24) is 19.3 Å². The normalized spacial score (nSPS) is 11.9.